The summed E-state index contributed by atoms with van der Waals surface area (Å²) in [6, 6.07) is 14.4. The standard InChI is InChI=1S/C18H16Cl2N6O/c19-12-6-7-13(14(20)8-12)18(27)26-25-17-15(21)16(23-10-24-17)22-9-11-4-2-1-3-5-11/h1-8,10H,9,21H2,(H,26,27)(H2,22,23,24,25). The van der Waals surface area contributed by atoms with Gasteiger partial charge >= 0.3 is 0 Å². The van der Waals surface area contributed by atoms with Gasteiger partial charge in [-0.3, -0.25) is 15.6 Å². The van der Waals surface area contributed by atoms with E-state index in [4.69, 9.17) is 28.9 Å². The summed E-state index contributed by atoms with van der Waals surface area (Å²) in [7, 11) is 0. The lowest BCUT2D eigenvalue weighted by molar-refractivity contribution is 0.0962. The second-order valence-corrected chi connectivity index (χ2v) is 6.37. The van der Waals surface area contributed by atoms with Crippen molar-refractivity contribution in [3.05, 3.63) is 76.0 Å². The Labute approximate surface area is 165 Å². The third kappa shape index (κ3) is 4.78. The van der Waals surface area contributed by atoms with Crippen LogP contribution in [0.3, 0.4) is 0 Å². The van der Waals surface area contributed by atoms with Crippen LogP contribution in [0, 0.1) is 0 Å². The summed E-state index contributed by atoms with van der Waals surface area (Å²) in [6.45, 7) is 0.550. The average Bonchev–Trinajstić information content (AvgIpc) is 2.67. The fourth-order valence-electron chi connectivity index (χ4n) is 2.27. The number of aromatic nitrogens is 2. The smallest absolute Gasteiger partial charge is 0.271 e. The summed E-state index contributed by atoms with van der Waals surface area (Å²) >= 11 is 11.9. The zero-order valence-electron chi connectivity index (χ0n) is 14.0. The summed E-state index contributed by atoms with van der Waals surface area (Å²) in [5.41, 5.74) is 12.9. The molecular formula is C18H16Cl2N6O. The number of hydrogen-bond donors (Lipinski definition) is 4. The molecule has 0 aliphatic carbocycles. The number of benzene rings is 2. The Bertz CT molecular complexity index is 952. The molecule has 3 rings (SSSR count). The highest BCUT2D eigenvalue weighted by Gasteiger charge is 2.13. The molecule has 0 saturated heterocycles. The van der Waals surface area contributed by atoms with E-state index in [1.54, 1.807) is 6.07 Å². The topological polar surface area (TPSA) is 105 Å². The van der Waals surface area contributed by atoms with Crippen LogP contribution in [0.1, 0.15) is 15.9 Å². The predicted octanol–water partition coefficient (Wildman–Crippen LogP) is 3.73. The van der Waals surface area contributed by atoms with Gasteiger partial charge in [0.2, 0.25) is 0 Å². The molecule has 0 aliphatic heterocycles. The van der Waals surface area contributed by atoms with Crippen LogP contribution in [0.4, 0.5) is 17.3 Å². The SMILES string of the molecule is Nc1c(NCc2ccccc2)ncnc1NNC(=O)c1ccc(Cl)cc1Cl. The van der Waals surface area contributed by atoms with Crippen LogP contribution in [-0.2, 0) is 6.54 Å². The third-order valence-corrected chi connectivity index (χ3v) is 4.20. The second-order valence-electron chi connectivity index (χ2n) is 5.53. The van der Waals surface area contributed by atoms with Crippen molar-refractivity contribution in [2.45, 2.75) is 6.54 Å². The van der Waals surface area contributed by atoms with Gasteiger partial charge < -0.3 is 11.1 Å². The number of halogens is 2. The molecule has 138 valence electrons. The minimum atomic E-state index is -0.450. The van der Waals surface area contributed by atoms with Gasteiger partial charge in [-0.15, -0.1) is 0 Å². The highest BCUT2D eigenvalue weighted by Crippen LogP contribution is 2.23. The molecule has 0 atom stereocenters. The lowest BCUT2D eigenvalue weighted by Crippen LogP contribution is -2.30. The molecule has 0 bridgehead atoms. The van der Waals surface area contributed by atoms with Gasteiger partial charge in [0.05, 0.1) is 10.6 Å². The molecule has 27 heavy (non-hydrogen) atoms. The van der Waals surface area contributed by atoms with Crippen LogP contribution < -0.4 is 21.9 Å². The first-order chi connectivity index (χ1) is 13.0. The number of carbonyl (C=O) groups is 1. The van der Waals surface area contributed by atoms with E-state index in [9.17, 15) is 4.79 Å². The monoisotopic (exact) mass is 402 g/mol. The van der Waals surface area contributed by atoms with Gasteiger partial charge in [0, 0.05) is 11.6 Å². The maximum absolute atomic E-state index is 12.3. The molecule has 1 amide bonds. The van der Waals surface area contributed by atoms with Crippen LogP contribution in [-0.4, -0.2) is 15.9 Å². The Kier molecular flexibility index (Phi) is 5.95. The normalized spacial score (nSPS) is 10.3. The van der Waals surface area contributed by atoms with Crippen molar-refractivity contribution in [1.82, 2.24) is 15.4 Å². The molecular weight excluding hydrogens is 387 g/mol. The third-order valence-electron chi connectivity index (χ3n) is 3.66. The van der Waals surface area contributed by atoms with Gasteiger partial charge in [0.15, 0.2) is 11.6 Å². The molecule has 7 nitrogen and oxygen atoms in total. The fraction of sp³-hybridized carbons (Fsp3) is 0.0556. The van der Waals surface area contributed by atoms with Crippen molar-refractivity contribution < 1.29 is 4.79 Å². The zero-order valence-corrected chi connectivity index (χ0v) is 15.6. The van der Waals surface area contributed by atoms with Gasteiger partial charge in [0.25, 0.3) is 5.91 Å². The molecule has 0 aliphatic rings. The summed E-state index contributed by atoms with van der Waals surface area (Å²) in [4.78, 5) is 20.4. The van der Waals surface area contributed by atoms with Crippen molar-refractivity contribution in [2.24, 2.45) is 0 Å². The van der Waals surface area contributed by atoms with E-state index in [0.717, 1.165) is 5.56 Å². The number of nitrogens with zero attached hydrogens (tertiary/aromatic N) is 2. The second kappa shape index (κ2) is 8.57. The van der Waals surface area contributed by atoms with Crippen molar-refractivity contribution in [3.63, 3.8) is 0 Å². The number of nitrogens with one attached hydrogen (secondary N) is 3. The van der Waals surface area contributed by atoms with Crippen LogP contribution in [0.15, 0.2) is 54.9 Å². The van der Waals surface area contributed by atoms with E-state index in [-0.39, 0.29) is 22.1 Å². The first-order valence-corrected chi connectivity index (χ1v) is 8.70. The van der Waals surface area contributed by atoms with Crippen LogP contribution in [0.2, 0.25) is 10.0 Å². The molecule has 1 aromatic heterocycles. The summed E-state index contributed by atoms with van der Waals surface area (Å²) < 4.78 is 0. The molecule has 5 N–H and O–H groups in total. The Balaban J connectivity index is 1.66. The van der Waals surface area contributed by atoms with Gasteiger partial charge in [-0.25, -0.2) is 9.97 Å². The maximum Gasteiger partial charge on any atom is 0.271 e. The van der Waals surface area contributed by atoms with Crippen molar-refractivity contribution in [1.29, 1.82) is 0 Å². The number of hydrogen-bond acceptors (Lipinski definition) is 6. The average molecular weight is 403 g/mol. The van der Waals surface area contributed by atoms with Crippen molar-refractivity contribution in [3.8, 4) is 0 Å². The number of nitrogens with two attached hydrogens (primary N) is 1. The Morgan fingerprint density at radius 3 is 2.52 bits per heavy atom. The quantitative estimate of drug-likeness (QED) is 0.468. The number of nitrogen functional groups attached to an aromatic ring is 1. The van der Waals surface area contributed by atoms with Crippen molar-refractivity contribution >= 4 is 46.4 Å². The number of rotatable bonds is 6. The van der Waals surface area contributed by atoms with Gasteiger partial charge in [0.1, 0.15) is 12.0 Å². The summed E-state index contributed by atoms with van der Waals surface area (Å²) in [6.07, 6.45) is 1.34. The molecule has 1 heterocycles. The largest absolute Gasteiger partial charge is 0.393 e. The highest BCUT2D eigenvalue weighted by molar-refractivity contribution is 6.36. The van der Waals surface area contributed by atoms with Crippen molar-refractivity contribution in [2.75, 3.05) is 16.5 Å². The maximum atomic E-state index is 12.3. The predicted molar refractivity (Wildman–Crippen MR) is 108 cm³/mol. The fourth-order valence-corrected chi connectivity index (χ4v) is 2.77. The van der Waals surface area contributed by atoms with E-state index in [1.807, 2.05) is 30.3 Å². The lowest BCUT2D eigenvalue weighted by Gasteiger charge is -2.13. The molecule has 0 spiro atoms. The minimum absolute atomic E-state index is 0.239. The Morgan fingerprint density at radius 1 is 1.04 bits per heavy atom. The number of carbonyl (C=O) groups excluding carboxylic acids is 1. The van der Waals surface area contributed by atoms with E-state index < -0.39 is 5.91 Å². The first kappa shape index (κ1) is 18.8. The Hall–Kier alpha value is -3.03. The van der Waals surface area contributed by atoms with E-state index >= 15 is 0 Å². The van der Waals surface area contributed by atoms with Gasteiger partial charge in [-0.1, -0.05) is 53.5 Å². The molecule has 0 fully saturated rings. The number of anilines is 3. The van der Waals surface area contributed by atoms with Gasteiger partial charge in [-0.2, -0.15) is 0 Å². The summed E-state index contributed by atoms with van der Waals surface area (Å²) in [5, 5.41) is 3.82. The lowest BCUT2D eigenvalue weighted by atomic mass is 10.2. The first-order valence-electron chi connectivity index (χ1n) is 7.94. The van der Waals surface area contributed by atoms with Crippen LogP contribution in [0.5, 0.6) is 0 Å². The van der Waals surface area contributed by atoms with Crippen LogP contribution >= 0.6 is 23.2 Å². The zero-order chi connectivity index (χ0) is 19.2. The van der Waals surface area contributed by atoms with Gasteiger partial charge in [-0.05, 0) is 23.8 Å². The molecule has 9 heteroatoms. The molecule has 0 saturated carbocycles. The van der Waals surface area contributed by atoms with E-state index in [0.29, 0.717) is 17.4 Å². The van der Waals surface area contributed by atoms with Crippen LogP contribution in [0.25, 0.3) is 0 Å². The minimum Gasteiger partial charge on any atom is -0.393 e. The summed E-state index contributed by atoms with van der Waals surface area (Å²) in [5.74, 6) is 0.266. The molecule has 0 unspecified atom stereocenters. The Morgan fingerprint density at radius 2 is 1.78 bits per heavy atom. The number of amides is 1. The molecule has 3 aromatic rings. The molecule has 0 radical (unpaired) electrons. The highest BCUT2D eigenvalue weighted by atomic mass is 35.5. The van der Waals surface area contributed by atoms with E-state index in [1.165, 1.54) is 18.5 Å². The molecule has 2 aromatic carbocycles. The van der Waals surface area contributed by atoms with E-state index in [2.05, 4.69) is 26.1 Å². The number of hydrazine groups is 1.